The minimum atomic E-state index is -0.643. The quantitative estimate of drug-likeness (QED) is 0.600. The second-order valence-corrected chi connectivity index (χ2v) is 7.90. The highest BCUT2D eigenvalue weighted by molar-refractivity contribution is 6.35. The highest BCUT2D eigenvalue weighted by Gasteiger charge is 2.28. The maximum absolute atomic E-state index is 13.1. The highest BCUT2D eigenvalue weighted by Crippen LogP contribution is 2.26. The van der Waals surface area contributed by atoms with Crippen LogP contribution >= 0.6 is 46.4 Å². The fourth-order valence-corrected chi connectivity index (χ4v) is 3.79. The molecule has 0 spiro atoms. The van der Waals surface area contributed by atoms with Gasteiger partial charge >= 0.3 is 0 Å². The second kappa shape index (κ2) is 10.4. The maximum Gasteiger partial charge on any atom is 0.242 e. The van der Waals surface area contributed by atoms with Crippen LogP contribution in [0.15, 0.2) is 36.4 Å². The van der Waals surface area contributed by atoms with Crippen molar-refractivity contribution in [1.82, 2.24) is 10.2 Å². The molecule has 0 radical (unpaired) electrons. The predicted molar refractivity (Wildman–Crippen MR) is 115 cm³/mol. The van der Waals surface area contributed by atoms with Crippen LogP contribution in [0, 0.1) is 0 Å². The van der Waals surface area contributed by atoms with Gasteiger partial charge in [-0.05, 0) is 41.8 Å². The summed E-state index contributed by atoms with van der Waals surface area (Å²) in [4.78, 5) is 27.0. The monoisotopic (exact) mass is 460 g/mol. The molecule has 0 heterocycles. The minimum absolute atomic E-state index is 0.0364. The lowest BCUT2D eigenvalue weighted by atomic mass is 10.1. The van der Waals surface area contributed by atoms with Crippen LogP contribution in [0.5, 0.6) is 0 Å². The highest BCUT2D eigenvalue weighted by atomic mass is 35.5. The number of hydrogen-bond acceptors (Lipinski definition) is 2. The van der Waals surface area contributed by atoms with E-state index in [1.54, 1.807) is 43.4 Å². The molecule has 2 aromatic carbocycles. The van der Waals surface area contributed by atoms with Gasteiger partial charge < -0.3 is 10.2 Å². The van der Waals surface area contributed by atoms with Crippen molar-refractivity contribution in [3.05, 3.63) is 67.6 Å². The van der Waals surface area contributed by atoms with Crippen LogP contribution in [0.4, 0.5) is 0 Å². The van der Waals surface area contributed by atoms with E-state index >= 15 is 0 Å². The van der Waals surface area contributed by atoms with Gasteiger partial charge in [0.15, 0.2) is 0 Å². The molecule has 28 heavy (non-hydrogen) atoms. The molecular formula is C20H20Cl4N2O2. The Morgan fingerprint density at radius 1 is 0.964 bits per heavy atom. The molecule has 4 nitrogen and oxygen atoms in total. The lowest BCUT2D eigenvalue weighted by Crippen LogP contribution is -2.48. The Labute approximate surface area is 184 Å². The van der Waals surface area contributed by atoms with Gasteiger partial charge in [0.2, 0.25) is 11.8 Å². The summed E-state index contributed by atoms with van der Waals surface area (Å²) in [5.41, 5.74) is 1.33. The Morgan fingerprint density at radius 3 is 1.96 bits per heavy atom. The first kappa shape index (κ1) is 22.8. The fourth-order valence-electron chi connectivity index (χ4n) is 2.85. The van der Waals surface area contributed by atoms with E-state index in [0.717, 1.165) is 0 Å². The van der Waals surface area contributed by atoms with E-state index in [0.29, 0.717) is 37.6 Å². The number of nitrogens with one attached hydrogen (secondary N) is 1. The molecule has 0 bridgehead atoms. The van der Waals surface area contributed by atoms with Crippen LogP contribution in [0.2, 0.25) is 20.1 Å². The minimum Gasteiger partial charge on any atom is -0.357 e. The number of likely N-dealkylation sites (N-methyl/N-ethyl adjacent to an activating group) is 1. The van der Waals surface area contributed by atoms with Crippen LogP contribution in [-0.2, 0) is 22.6 Å². The van der Waals surface area contributed by atoms with E-state index in [1.165, 1.54) is 4.90 Å². The lowest BCUT2D eigenvalue weighted by molar-refractivity contribution is -0.140. The number of hydrogen-bond donors (Lipinski definition) is 1. The van der Waals surface area contributed by atoms with Gasteiger partial charge in [0.25, 0.3) is 0 Å². The molecule has 0 aliphatic carbocycles. The molecule has 2 amide bonds. The van der Waals surface area contributed by atoms with Crippen molar-refractivity contribution in [3.63, 3.8) is 0 Å². The van der Waals surface area contributed by atoms with E-state index < -0.39 is 6.04 Å². The number of nitrogens with zero attached hydrogens (tertiary/aromatic N) is 1. The van der Waals surface area contributed by atoms with Crippen LogP contribution in [0.25, 0.3) is 0 Å². The predicted octanol–water partition coefficient (Wildman–Crippen LogP) is 5.40. The number of halogens is 4. The van der Waals surface area contributed by atoms with E-state index in [2.05, 4.69) is 5.32 Å². The van der Waals surface area contributed by atoms with Crippen molar-refractivity contribution >= 4 is 58.2 Å². The van der Waals surface area contributed by atoms with Crippen molar-refractivity contribution in [2.45, 2.75) is 32.4 Å². The van der Waals surface area contributed by atoms with Gasteiger partial charge in [-0.2, -0.15) is 0 Å². The Balaban J connectivity index is 2.35. The number of rotatable bonds is 7. The molecule has 1 atom stereocenters. The average molecular weight is 462 g/mol. The summed E-state index contributed by atoms with van der Waals surface area (Å²) in [6.45, 7) is 2.02. The first-order valence-electron chi connectivity index (χ1n) is 8.65. The molecule has 2 aromatic rings. The standard InChI is InChI=1S/C20H20Cl4N2O2/c1-3-18(20(28)25-2)26(11-13-5-7-15(22)10-17(13)24)19(27)8-12-4-6-14(21)9-16(12)23/h4-7,9-10,18H,3,8,11H2,1-2H3,(H,25,28)/t18-/m1/s1. The second-order valence-electron chi connectivity index (χ2n) is 6.21. The van der Waals surface area contributed by atoms with Crippen molar-refractivity contribution < 1.29 is 9.59 Å². The number of carbonyl (C=O) groups excluding carboxylic acids is 2. The molecule has 1 N–H and O–H groups in total. The van der Waals surface area contributed by atoms with Crippen molar-refractivity contribution in [2.24, 2.45) is 0 Å². The Bertz CT molecular complexity index is 873. The Morgan fingerprint density at radius 2 is 1.50 bits per heavy atom. The largest absolute Gasteiger partial charge is 0.357 e. The zero-order valence-corrected chi connectivity index (χ0v) is 18.5. The van der Waals surface area contributed by atoms with Gasteiger partial charge in [-0.1, -0.05) is 65.5 Å². The summed E-state index contributed by atoms with van der Waals surface area (Å²) in [6, 6.07) is 9.37. The third-order valence-corrected chi connectivity index (χ3v) is 5.52. The van der Waals surface area contributed by atoms with E-state index in [-0.39, 0.29) is 24.8 Å². The molecule has 150 valence electrons. The molecule has 0 fully saturated rings. The molecule has 0 saturated carbocycles. The normalized spacial score (nSPS) is 11.8. The summed E-state index contributed by atoms with van der Waals surface area (Å²) < 4.78 is 0. The zero-order valence-electron chi connectivity index (χ0n) is 15.4. The summed E-state index contributed by atoms with van der Waals surface area (Å²) in [7, 11) is 1.54. The van der Waals surface area contributed by atoms with Gasteiger partial charge in [0.05, 0.1) is 6.42 Å². The third-order valence-electron chi connectivity index (χ3n) is 4.34. The summed E-state index contributed by atoms with van der Waals surface area (Å²) in [6.07, 6.45) is 0.486. The first-order chi connectivity index (χ1) is 13.3. The van der Waals surface area contributed by atoms with E-state index in [1.807, 2.05) is 6.92 Å². The summed E-state index contributed by atoms with van der Waals surface area (Å²) in [5, 5.41) is 4.43. The molecule has 8 heteroatoms. The summed E-state index contributed by atoms with van der Waals surface area (Å²) >= 11 is 24.4. The van der Waals surface area contributed by atoms with Crippen LogP contribution in [0.3, 0.4) is 0 Å². The van der Waals surface area contributed by atoms with Crippen LogP contribution in [-0.4, -0.2) is 29.8 Å². The molecular weight excluding hydrogens is 442 g/mol. The van der Waals surface area contributed by atoms with Crippen LogP contribution < -0.4 is 5.32 Å². The number of carbonyl (C=O) groups is 2. The Hall–Kier alpha value is -1.46. The number of amides is 2. The molecule has 0 aliphatic heterocycles. The smallest absolute Gasteiger partial charge is 0.242 e. The molecule has 0 aliphatic rings. The maximum atomic E-state index is 13.1. The van der Waals surface area contributed by atoms with Crippen molar-refractivity contribution in [3.8, 4) is 0 Å². The van der Waals surface area contributed by atoms with Crippen LogP contribution in [0.1, 0.15) is 24.5 Å². The van der Waals surface area contributed by atoms with E-state index in [9.17, 15) is 9.59 Å². The van der Waals surface area contributed by atoms with Gasteiger partial charge in [-0.3, -0.25) is 9.59 Å². The topological polar surface area (TPSA) is 49.4 Å². The average Bonchev–Trinajstić information content (AvgIpc) is 2.65. The first-order valence-corrected chi connectivity index (χ1v) is 10.2. The number of benzene rings is 2. The SMILES string of the molecule is CC[C@H](C(=O)NC)N(Cc1ccc(Cl)cc1Cl)C(=O)Cc1ccc(Cl)cc1Cl. The van der Waals surface area contributed by atoms with E-state index in [4.69, 9.17) is 46.4 Å². The molecule has 2 rings (SSSR count). The van der Waals surface area contributed by atoms with Gasteiger partial charge in [0, 0.05) is 33.7 Å². The fraction of sp³-hybridized carbons (Fsp3) is 0.300. The van der Waals surface area contributed by atoms with Crippen molar-refractivity contribution in [1.29, 1.82) is 0 Å². The van der Waals surface area contributed by atoms with Crippen molar-refractivity contribution in [2.75, 3.05) is 7.05 Å². The third kappa shape index (κ3) is 5.77. The lowest BCUT2D eigenvalue weighted by Gasteiger charge is -2.30. The molecule has 0 unspecified atom stereocenters. The van der Waals surface area contributed by atoms with Gasteiger partial charge in [-0.15, -0.1) is 0 Å². The summed E-state index contributed by atoms with van der Waals surface area (Å²) in [5.74, 6) is -0.492. The molecule has 0 aromatic heterocycles. The Kier molecular flexibility index (Phi) is 8.44. The van der Waals surface area contributed by atoms with Gasteiger partial charge in [-0.25, -0.2) is 0 Å². The molecule has 0 saturated heterocycles. The zero-order chi connectivity index (χ0) is 20.8. The van der Waals surface area contributed by atoms with Gasteiger partial charge in [0.1, 0.15) is 6.04 Å².